The molecule has 0 aliphatic carbocycles. The van der Waals surface area contributed by atoms with E-state index in [0.29, 0.717) is 0 Å². The fraction of sp³-hybridized carbons (Fsp3) is 0. The summed E-state index contributed by atoms with van der Waals surface area (Å²) >= 11 is 0. The van der Waals surface area contributed by atoms with Crippen LogP contribution in [0.15, 0.2) is 23.0 Å². The molecule has 1 heterocycles. The number of furan rings is 1. The van der Waals surface area contributed by atoms with Gasteiger partial charge in [-0.2, -0.15) is 6.07 Å². The summed E-state index contributed by atoms with van der Waals surface area (Å²) < 4.78 is 4.53. The van der Waals surface area contributed by atoms with E-state index in [-0.39, 0.29) is 20.4 Å². The Kier molecular flexibility index (Phi) is 3.11. The molecule has 0 atom stereocenters. The van der Waals surface area contributed by atoms with Gasteiger partial charge in [-0.15, -0.1) is 0 Å². The maximum absolute atomic E-state index is 4.53. The van der Waals surface area contributed by atoms with Gasteiger partial charge in [-0.3, -0.25) is 0 Å². The van der Waals surface area contributed by atoms with Crippen molar-refractivity contribution in [2.75, 3.05) is 0 Å². The van der Waals surface area contributed by atoms with Gasteiger partial charge in [0.1, 0.15) is 0 Å². The van der Waals surface area contributed by atoms with Crippen molar-refractivity contribution in [2.45, 2.75) is 0 Å². The van der Waals surface area contributed by atoms with E-state index in [2.05, 4.69) is 10.5 Å². The topological polar surface area (TPSA) is 13.1 Å². The molecule has 0 aromatic carbocycles. The zero-order valence-corrected chi connectivity index (χ0v) is 4.51. The fourth-order valence-electron chi connectivity index (χ4n) is 0.196. The molecule has 0 unspecified atom stereocenters. The minimum atomic E-state index is 0. The van der Waals surface area contributed by atoms with Gasteiger partial charge in [0.25, 0.3) is 0 Å². The first-order valence-electron chi connectivity index (χ1n) is 1.38. The summed E-state index contributed by atoms with van der Waals surface area (Å²) in [6, 6.07) is 4.40. The number of rotatable bonds is 0. The van der Waals surface area contributed by atoms with Crippen molar-refractivity contribution in [3.63, 3.8) is 0 Å². The standard InChI is InChI=1S/C4H3O.Pd/c1-2-4-5-3-1;/h1,3-4H;/q-1;. The van der Waals surface area contributed by atoms with Gasteiger partial charge in [0.05, 0.1) is 0 Å². The Labute approximate surface area is 50.0 Å². The SMILES string of the molecule is [Pd].[c-]1ccoc1. The molecule has 0 radical (unpaired) electrons. The predicted molar refractivity (Wildman–Crippen MR) is 17.5 cm³/mol. The number of hydrogen-bond donors (Lipinski definition) is 0. The van der Waals surface area contributed by atoms with Crippen LogP contribution >= 0.6 is 0 Å². The van der Waals surface area contributed by atoms with Crippen molar-refractivity contribution >= 4 is 0 Å². The molecule has 0 aliphatic rings. The van der Waals surface area contributed by atoms with Crippen LogP contribution in [0, 0.1) is 6.07 Å². The van der Waals surface area contributed by atoms with Gasteiger partial charge in [0.15, 0.2) is 0 Å². The van der Waals surface area contributed by atoms with Gasteiger partial charge in [-0.05, 0) is 6.26 Å². The van der Waals surface area contributed by atoms with E-state index in [1.807, 2.05) is 0 Å². The van der Waals surface area contributed by atoms with E-state index in [1.165, 1.54) is 6.26 Å². The van der Waals surface area contributed by atoms with Crippen molar-refractivity contribution in [3.8, 4) is 0 Å². The molecule has 0 bridgehead atoms. The second kappa shape index (κ2) is 3.14. The van der Waals surface area contributed by atoms with Crippen LogP contribution in [-0.4, -0.2) is 0 Å². The average Bonchev–Trinajstić information content (AvgIpc) is 1.76. The van der Waals surface area contributed by atoms with Crippen molar-refractivity contribution in [1.82, 2.24) is 0 Å². The Hall–Kier alpha value is -0.0577. The van der Waals surface area contributed by atoms with Crippen LogP contribution in [0.2, 0.25) is 0 Å². The molecule has 0 spiro atoms. The fourth-order valence-corrected chi connectivity index (χ4v) is 0.196. The first-order chi connectivity index (χ1) is 2.50. The van der Waals surface area contributed by atoms with E-state index in [1.54, 1.807) is 12.3 Å². The smallest absolute Gasteiger partial charge is 0 e. The molecule has 0 fully saturated rings. The van der Waals surface area contributed by atoms with Crippen LogP contribution in [0.1, 0.15) is 0 Å². The molecule has 2 heteroatoms. The Bertz CT molecular complexity index is 64.0. The maximum Gasteiger partial charge on any atom is 0 e. The van der Waals surface area contributed by atoms with E-state index in [0.717, 1.165) is 0 Å². The van der Waals surface area contributed by atoms with Crippen LogP contribution in [0.25, 0.3) is 0 Å². The molecule has 0 saturated carbocycles. The Balaban J connectivity index is 0.000000250. The van der Waals surface area contributed by atoms with Crippen LogP contribution in [0.5, 0.6) is 0 Å². The minimum absolute atomic E-state index is 0. The molecule has 0 amide bonds. The van der Waals surface area contributed by atoms with E-state index >= 15 is 0 Å². The van der Waals surface area contributed by atoms with Gasteiger partial charge in [0.2, 0.25) is 0 Å². The van der Waals surface area contributed by atoms with Gasteiger partial charge in [0, 0.05) is 20.4 Å². The molecule has 1 rings (SSSR count). The third-order valence-corrected chi connectivity index (χ3v) is 0.379. The molecule has 1 nitrogen and oxygen atoms in total. The summed E-state index contributed by atoms with van der Waals surface area (Å²) in [6.07, 6.45) is 3.07. The van der Waals surface area contributed by atoms with Gasteiger partial charge >= 0.3 is 0 Å². The van der Waals surface area contributed by atoms with Gasteiger partial charge < -0.3 is 4.42 Å². The van der Waals surface area contributed by atoms with Gasteiger partial charge in [-0.1, -0.05) is 6.26 Å². The third kappa shape index (κ3) is 1.40. The monoisotopic (exact) mass is 173 g/mol. The third-order valence-electron chi connectivity index (χ3n) is 0.379. The largest absolute Gasteiger partial charge is 0.576 e. The second-order valence-corrected chi connectivity index (χ2v) is 0.723. The van der Waals surface area contributed by atoms with Crippen LogP contribution < -0.4 is 0 Å². The molecular formula is C4H3OPd-. The van der Waals surface area contributed by atoms with E-state index < -0.39 is 0 Å². The first-order valence-corrected chi connectivity index (χ1v) is 1.38. The molecule has 6 heavy (non-hydrogen) atoms. The first kappa shape index (κ1) is 5.94. The normalized spacial score (nSPS) is 6.67. The summed E-state index contributed by atoms with van der Waals surface area (Å²) in [5.74, 6) is 0. The number of hydrogen-bond acceptors (Lipinski definition) is 1. The van der Waals surface area contributed by atoms with E-state index in [4.69, 9.17) is 0 Å². The predicted octanol–water partition coefficient (Wildman–Crippen LogP) is 1.08. The van der Waals surface area contributed by atoms with Crippen molar-refractivity contribution in [3.05, 3.63) is 24.7 Å². The second-order valence-electron chi connectivity index (χ2n) is 0.723. The van der Waals surface area contributed by atoms with Gasteiger partial charge in [-0.25, -0.2) is 6.07 Å². The summed E-state index contributed by atoms with van der Waals surface area (Å²) in [5.41, 5.74) is 0. The van der Waals surface area contributed by atoms with Crippen molar-refractivity contribution in [2.24, 2.45) is 0 Å². The Morgan fingerprint density at radius 1 is 1.50 bits per heavy atom. The molecule has 1 aromatic heterocycles. The summed E-state index contributed by atoms with van der Waals surface area (Å²) in [4.78, 5) is 0. The summed E-state index contributed by atoms with van der Waals surface area (Å²) in [6.45, 7) is 0. The molecule has 0 aliphatic heterocycles. The Morgan fingerprint density at radius 2 is 2.33 bits per heavy atom. The van der Waals surface area contributed by atoms with Crippen molar-refractivity contribution in [1.29, 1.82) is 0 Å². The Morgan fingerprint density at radius 3 is 2.50 bits per heavy atom. The van der Waals surface area contributed by atoms with Crippen LogP contribution in [-0.2, 0) is 20.4 Å². The zero-order valence-electron chi connectivity index (χ0n) is 2.96. The summed E-state index contributed by atoms with van der Waals surface area (Å²) in [7, 11) is 0. The quantitative estimate of drug-likeness (QED) is 0.423. The van der Waals surface area contributed by atoms with Crippen LogP contribution in [0.4, 0.5) is 0 Å². The molecule has 1 aromatic rings. The molecule has 0 N–H and O–H groups in total. The zero-order chi connectivity index (χ0) is 3.54. The van der Waals surface area contributed by atoms with E-state index in [9.17, 15) is 0 Å². The van der Waals surface area contributed by atoms with Crippen LogP contribution in [0.3, 0.4) is 0 Å². The molecule has 36 valence electrons. The maximum atomic E-state index is 4.53. The average molecular weight is 173 g/mol. The minimum Gasteiger partial charge on any atom is -0.576 e. The van der Waals surface area contributed by atoms with Crippen molar-refractivity contribution < 1.29 is 24.8 Å². The summed E-state index contributed by atoms with van der Waals surface area (Å²) in [5, 5.41) is 0. The molecular weight excluding hydrogens is 170 g/mol. The molecule has 0 saturated heterocycles.